The minimum Gasteiger partial charge on any atom is -0.497 e. The first-order valence-electron chi connectivity index (χ1n) is 9.11. The van der Waals surface area contributed by atoms with E-state index in [1.54, 1.807) is 7.11 Å². The number of imidazole rings is 1. The summed E-state index contributed by atoms with van der Waals surface area (Å²) in [5, 5.41) is 3.07. The molecule has 1 N–H and O–H groups in total. The Morgan fingerprint density at radius 2 is 1.79 bits per heavy atom. The van der Waals surface area contributed by atoms with E-state index in [0.717, 1.165) is 33.8 Å². The van der Waals surface area contributed by atoms with Crippen molar-refractivity contribution in [2.75, 3.05) is 12.4 Å². The van der Waals surface area contributed by atoms with Crippen LogP contribution < -0.4 is 10.1 Å². The lowest BCUT2D eigenvalue weighted by molar-refractivity contribution is -0.115. The molecule has 2 aromatic carbocycles. The predicted molar refractivity (Wildman–Crippen MR) is 111 cm³/mol. The van der Waals surface area contributed by atoms with Crippen LogP contribution in [0, 0.1) is 6.92 Å². The summed E-state index contributed by atoms with van der Waals surface area (Å²) in [6.45, 7) is 2.01. The predicted octanol–water partition coefficient (Wildman–Crippen LogP) is 4.50. The Morgan fingerprint density at radius 1 is 1.04 bits per heavy atom. The molecule has 0 saturated carbocycles. The van der Waals surface area contributed by atoms with Crippen molar-refractivity contribution < 1.29 is 9.53 Å². The fourth-order valence-electron chi connectivity index (χ4n) is 3.23. The maximum Gasteiger partial charge on any atom is 0.229 e. The Labute approximate surface area is 163 Å². The second-order valence-electron chi connectivity index (χ2n) is 6.63. The Morgan fingerprint density at radius 3 is 2.50 bits per heavy atom. The molecule has 0 radical (unpaired) electrons. The molecule has 5 heteroatoms. The van der Waals surface area contributed by atoms with Crippen molar-refractivity contribution in [2.45, 2.75) is 13.3 Å². The number of carbonyl (C=O) groups excluding carboxylic acids is 1. The molecule has 5 nitrogen and oxygen atoms in total. The summed E-state index contributed by atoms with van der Waals surface area (Å²) in [5.74, 6) is 1.36. The minimum absolute atomic E-state index is 0.0920. The van der Waals surface area contributed by atoms with Gasteiger partial charge in [-0.05, 0) is 36.2 Å². The largest absolute Gasteiger partial charge is 0.497 e. The van der Waals surface area contributed by atoms with Gasteiger partial charge in [0.15, 0.2) is 0 Å². The van der Waals surface area contributed by atoms with Gasteiger partial charge in [-0.25, -0.2) is 4.98 Å². The number of methoxy groups -OCH3 is 1. The summed E-state index contributed by atoms with van der Waals surface area (Å²) in [6.07, 6.45) is 2.20. The van der Waals surface area contributed by atoms with Gasteiger partial charge in [0.25, 0.3) is 0 Å². The number of aromatic nitrogens is 2. The van der Waals surface area contributed by atoms with Gasteiger partial charge in [-0.15, -0.1) is 0 Å². The molecular weight excluding hydrogens is 350 g/mol. The lowest BCUT2D eigenvalue weighted by Crippen LogP contribution is -2.16. The highest BCUT2D eigenvalue weighted by Gasteiger charge is 2.17. The molecule has 28 heavy (non-hydrogen) atoms. The number of hydrogen-bond donors (Lipinski definition) is 1. The molecule has 4 rings (SSSR count). The van der Waals surface area contributed by atoms with Crippen LogP contribution in [0.1, 0.15) is 11.1 Å². The summed E-state index contributed by atoms with van der Waals surface area (Å²) < 4.78 is 7.11. The van der Waals surface area contributed by atoms with Gasteiger partial charge in [0, 0.05) is 11.8 Å². The number of carbonyl (C=O) groups is 1. The van der Waals surface area contributed by atoms with Gasteiger partial charge >= 0.3 is 0 Å². The van der Waals surface area contributed by atoms with Gasteiger partial charge in [-0.1, -0.05) is 48.5 Å². The molecule has 1 amide bonds. The molecular formula is C23H21N3O2. The Kier molecular flexibility index (Phi) is 4.81. The van der Waals surface area contributed by atoms with Crippen LogP contribution in [0.5, 0.6) is 5.75 Å². The van der Waals surface area contributed by atoms with Crippen molar-refractivity contribution in [1.29, 1.82) is 0 Å². The Hall–Kier alpha value is -3.60. The molecule has 2 aromatic heterocycles. The molecule has 0 aliphatic heterocycles. The molecule has 0 saturated heterocycles. The first-order valence-corrected chi connectivity index (χ1v) is 9.11. The van der Waals surface area contributed by atoms with E-state index >= 15 is 0 Å². The molecule has 140 valence electrons. The number of anilines is 1. The van der Waals surface area contributed by atoms with E-state index in [1.165, 1.54) is 0 Å². The van der Waals surface area contributed by atoms with Gasteiger partial charge < -0.3 is 10.1 Å². The van der Waals surface area contributed by atoms with E-state index in [2.05, 4.69) is 5.32 Å². The fraction of sp³-hybridized carbons (Fsp3) is 0.130. The topological polar surface area (TPSA) is 55.6 Å². The lowest BCUT2D eigenvalue weighted by atomic mass is 10.1. The van der Waals surface area contributed by atoms with E-state index in [-0.39, 0.29) is 12.3 Å². The SMILES string of the molecule is COc1ccc(CC(=O)Nc2c(-c3ccccc3)nc3c(C)cccn23)cc1. The average molecular weight is 371 g/mol. The quantitative estimate of drug-likeness (QED) is 0.562. The highest BCUT2D eigenvalue weighted by molar-refractivity contribution is 5.95. The number of ether oxygens (including phenoxy) is 1. The van der Waals surface area contributed by atoms with Crippen LogP contribution in [-0.2, 0) is 11.2 Å². The number of fused-ring (bicyclic) bond motifs is 1. The monoisotopic (exact) mass is 371 g/mol. The molecule has 0 spiro atoms. The second kappa shape index (κ2) is 7.56. The van der Waals surface area contributed by atoms with E-state index < -0.39 is 0 Å². The van der Waals surface area contributed by atoms with Crippen LogP contribution in [0.15, 0.2) is 72.9 Å². The van der Waals surface area contributed by atoms with Crippen molar-refractivity contribution in [3.63, 3.8) is 0 Å². The smallest absolute Gasteiger partial charge is 0.229 e. The number of pyridine rings is 1. The zero-order valence-corrected chi connectivity index (χ0v) is 15.8. The highest BCUT2D eigenvalue weighted by Crippen LogP contribution is 2.29. The number of nitrogens with zero attached hydrogens (tertiary/aromatic N) is 2. The van der Waals surface area contributed by atoms with Crippen molar-refractivity contribution in [2.24, 2.45) is 0 Å². The number of benzene rings is 2. The number of amides is 1. The number of hydrogen-bond acceptors (Lipinski definition) is 3. The van der Waals surface area contributed by atoms with Crippen molar-refractivity contribution in [3.8, 4) is 17.0 Å². The maximum atomic E-state index is 12.8. The van der Waals surface area contributed by atoms with E-state index in [9.17, 15) is 4.79 Å². The Bertz CT molecular complexity index is 1120. The number of nitrogens with one attached hydrogen (secondary N) is 1. The lowest BCUT2D eigenvalue weighted by Gasteiger charge is -2.09. The highest BCUT2D eigenvalue weighted by atomic mass is 16.5. The van der Waals surface area contributed by atoms with Crippen LogP contribution in [0.3, 0.4) is 0 Å². The van der Waals surface area contributed by atoms with Gasteiger partial charge in [0.2, 0.25) is 5.91 Å². The standard InChI is InChI=1S/C23H21N3O2/c1-16-7-6-14-26-22(16)25-21(18-8-4-3-5-9-18)23(26)24-20(27)15-17-10-12-19(28-2)13-11-17/h3-14H,15H2,1-2H3,(H,24,27). The van der Waals surface area contributed by atoms with Crippen molar-refractivity contribution in [1.82, 2.24) is 9.38 Å². The molecule has 0 aliphatic rings. The van der Waals surface area contributed by atoms with Gasteiger partial charge in [-0.2, -0.15) is 0 Å². The minimum atomic E-state index is -0.0920. The van der Waals surface area contributed by atoms with Crippen LogP contribution in [0.2, 0.25) is 0 Å². The number of aryl methyl sites for hydroxylation is 1. The van der Waals surface area contributed by atoms with Crippen LogP contribution in [0.25, 0.3) is 16.9 Å². The summed E-state index contributed by atoms with van der Waals surface area (Å²) >= 11 is 0. The van der Waals surface area contributed by atoms with E-state index in [4.69, 9.17) is 9.72 Å². The molecule has 0 bridgehead atoms. The van der Waals surface area contributed by atoms with Crippen LogP contribution in [0.4, 0.5) is 5.82 Å². The third-order valence-corrected chi connectivity index (χ3v) is 4.67. The first-order chi connectivity index (χ1) is 13.7. The van der Waals surface area contributed by atoms with E-state index in [0.29, 0.717) is 5.82 Å². The maximum absolute atomic E-state index is 12.8. The fourth-order valence-corrected chi connectivity index (χ4v) is 3.23. The van der Waals surface area contributed by atoms with Gasteiger partial charge in [0.1, 0.15) is 22.9 Å². The van der Waals surface area contributed by atoms with Crippen molar-refractivity contribution >= 4 is 17.4 Å². The zero-order chi connectivity index (χ0) is 19.5. The third-order valence-electron chi connectivity index (χ3n) is 4.67. The third kappa shape index (κ3) is 3.47. The van der Waals surface area contributed by atoms with Crippen molar-refractivity contribution in [3.05, 3.63) is 84.1 Å². The molecule has 0 unspecified atom stereocenters. The summed E-state index contributed by atoms with van der Waals surface area (Å²) in [5.41, 5.74) is 4.53. The molecule has 0 fully saturated rings. The molecule has 4 aromatic rings. The second-order valence-corrected chi connectivity index (χ2v) is 6.63. The Balaban J connectivity index is 1.68. The molecule has 0 atom stereocenters. The normalized spacial score (nSPS) is 10.8. The van der Waals surface area contributed by atoms with Crippen LogP contribution >= 0.6 is 0 Å². The zero-order valence-electron chi connectivity index (χ0n) is 15.8. The summed E-state index contributed by atoms with van der Waals surface area (Å²) in [6, 6.07) is 21.4. The molecule has 2 heterocycles. The van der Waals surface area contributed by atoms with E-state index in [1.807, 2.05) is 84.3 Å². The summed E-state index contributed by atoms with van der Waals surface area (Å²) in [4.78, 5) is 17.6. The van der Waals surface area contributed by atoms with Crippen LogP contribution in [-0.4, -0.2) is 22.4 Å². The first kappa shape index (κ1) is 17.8. The summed E-state index contributed by atoms with van der Waals surface area (Å²) in [7, 11) is 1.62. The average Bonchev–Trinajstić information content (AvgIpc) is 3.09. The molecule has 0 aliphatic carbocycles. The number of rotatable bonds is 5. The van der Waals surface area contributed by atoms with Gasteiger partial charge in [0.05, 0.1) is 13.5 Å². The van der Waals surface area contributed by atoms with Gasteiger partial charge in [-0.3, -0.25) is 9.20 Å².